The zero-order chi connectivity index (χ0) is 15.4. The second-order valence-electron chi connectivity index (χ2n) is 4.06. The lowest BCUT2D eigenvalue weighted by Gasteiger charge is -2.12. The SMILES string of the molecule is CNc1cc(C(=O)O)nc(-c2cccc(OC)c2OC)n1. The molecular formula is C14H15N3O4. The summed E-state index contributed by atoms with van der Waals surface area (Å²) >= 11 is 0. The third-order valence-electron chi connectivity index (χ3n) is 2.85. The van der Waals surface area contributed by atoms with Crippen LogP contribution in [0.1, 0.15) is 10.5 Å². The Morgan fingerprint density at radius 1 is 1.24 bits per heavy atom. The van der Waals surface area contributed by atoms with Gasteiger partial charge in [0.25, 0.3) is 0 Å². The van der Waals surface area contributed by atoms with Crippen molar-refractivity contribution in [3.05, 3.63) is 30.0 Å². The van der Waals surface area contributed by atoms with Crippen LogP contribution in [-0.4, -0.2) is 42.3 Å². The van der Waals surface area contributed by atoms with E-state index < -0.39 is 5.97 Å². The maximum Gasteiger partial charge on any atom is 0.354 e. The summed E-state index contributed by atoms with van der Waals surface area (Å²) in [6.07, 6.45) is 0. The Morgan fingerprint density at radius 3 is 2.57 bits per heavy atom. The molecule has 2 aromatic rings. The molecule has 1 heterocycles. The topological polar surface area (TPSA) is 93.6 Å². The van der Waals surface area contributed by atoms with Gasteiger partial charge in [0.15, 0.2) is 23.0 Å². The van der Waals surface area contributed by atoms with Gasteiger partial charge in [-0.3, -0.25) is 0 Å². The number of carbonyl (C=O) groups is 1. The Bertz CT molecular complexity index is 673. The van der Waals surface area contributed by atoms with E-state index in [-0.39, 0.29) is 11.5 Å². The summed E-state index contributed by atoms with van der Waals surface area (Å²) in [5.41, 5.74) is 0.450. The van der Waals surface area contributed by atoms with Gasteiger partial charge in [-0.05, 0) is 12.1 Å². The summed E-state index contributed by atoms with van der Waals surface area (Å²) in [4.78, 5) is 19.5. The number of ether oxygens (including phenoxy) is 2. The number of nitrogens with one attached hydrogen (secondary N) is 1. The van der Waals surface area contributed by atoms with Gasteiger partial charge in [-0.15, -0.1) is 0 Å². The second-order valence-corrected chi connectivity index (χ2v) is 4.06. The van der Waals surface area contributed by atoms with Crippen LogP contribution in [0.5, 0.6) is 11.5 Å². The third-order valence-corrected chi connectivity index (χ3v) is 2.85. The first-order chi connectivity index (χ1) is 10.1. The molecule has 0 unspecified atom stereocenters. The Balaban J connectivity index is 2.66. The van der Waals surface area contributed by atoms with Gasteiger partial charge < -0.3 is 19.9 Å². The molecule has 0 radical (unpaired) electrons. The first-order valence-electron chi connectivity index (χ1n) is 6.12. The Kier molecular flexibility index (Phi) is 4.22. The molecule has 2 rings (SSSR count). The van der Waals surface area contributed by atoms with E-state index in [9.17, 15) is 4.79 Å². The number of methoxy groups -OCH3 is 2. The van der Waals surface area contributed by atoms with E-state index in [1.165, 1.54) is 20.3 Å². The molecule has 0 saturated carbocycles. The van der Waals surface area contributed by atoms with E-state index in [4.69, 9.17) is 14.6 Å². The molecule has 21 heavy (non-hydrogen) atoms. The highest BCUT2D eigenvalue weighted by atomic mass is 16.5. The van der Waals surface area contributed by atoms with E-state index >= 15 is 0 Å². The molecule has 7 heteroatoms. The summed E-state index contributed by atoms with van der Waals surface area (Å²) in [5.74, 6) is 0.490. The first-order valence-corrected chi connectivity index (χ1v) is 6.12. The lowest BCUT2D eigenvalue weighted by atomic mass is 10.1. The van der Waals surface area contributed by atoms with Crippen molar-refractivity contribution in [3.63, 3.8) is 0 Å². The molecule has 0 bridgehead atoms. The van der Waals surface area contributed by atoms with Gasteiger partial charge >= 0.3 is 5.97 Å². The first kappa shape index (κ1) is 14.6. The van der Waals surface area contributed by atoms with Crippen molar-refractivity contribution in [1.82, 2.24) is 9.97 Å². The van der Waals surface area contributed by atoms with Gasteiger partial charge in [-0.1, -0.05) is 6.07 Å². The standard InChI is InChI=1S/C14H15N3O4/c1-15-11-7-9(14(18)19)16-13(17-11)8-5-4-6-10(20-2)12(8)21-3/h4-7H,1-3H3,(H,18,19)(H,15,16,17). The summed E-state index contributed by atoms with van der Waals surface area (Å²) in [6, 6.07) is 6.59. The van der Waals surface area contributed by atoms with Crippen molar-refractivity contribution in [2.45, 2.75) is 0 Å². The molecule has 2 N–H and O–H groups in total. The molecule has 0 amide bonds. The van der Waals surface area contributed by atoms with Crippen LogP contribution in [0.25, 0.3) is 11.4 Å². The van der Waals surface area contributed by atoms with Crippen LogP contribution >= 0.6 is 0 Å². The van der Waals surface area contributed by atoms with Gasteiger partial charge in [0, 0.05) is 13.1 Å². The van der Waals surface area contributed by atoms with Crippen LogP contribution in [-0.2, 0) is 0 Å². The monoisotopic (exact) mass is 289 g/mol. The number of hydrogen-bond acceptors (Lipinski definition) is 6. The minimum absolute atomic E-state index is 0.103. The predicted octanol–water partition coefficient (Wildman–Crippen LogP) is 1.90. The van der Waals surface area contributed by atoms with Crippen LogP contribution in [0.4, 0.5) is 5.82 Å². The van der Waals surface area contributed by atoms with E-state index in [0.29, 0.717) is 22.9 Å². The number of hydrogen-bond donors (Lipinski definition) is 2. The van der Waals surface area contributed by atoms with Crippen molar-refractivity contribution >= 4 is 11.8 Å². The average Bonchev–Trinajstić information content (AvgIpc) is 2.53. The van der Waals surface area contributed by atoms with Crippen LogP contribution in [0.3, 0.4) is 0 Å². The van der Waals surface area contributed by atoms with Gasteiger partial charge in [0.1, 0.15) is 5.82 Å². The average molecular weight is 289 g/mol. The lowest BCUT2D eigenvalue weighted by molar-refractivity contribution is 0.0690. The van der Waals surface area contributed by atoms with Crippen LogP contribution < -0.4 is 14.8 Å². The number of aromatic nitrogens is 2. The number of benzene rings is 1. The summed E-state index contributed by atoms with van der Waals surface area (Å²) < 4.78 is 10.5. The maximum absolute atomic E-state index is 11.2. The molecule has 0 atom stereocenters. The summed E-state index contributed by atoms with van der Waals surface area (Å²) in [6.45, 7) is 0. The van der Waals surface area contributed by atoms with E-state index in [1.807, 2.05) is 0 Å². The minimum atomic E-state index is -1.13. The Hall–Kier alpha value is -2.83. The van der Waals surface area contributed by atoms with Crippen LogP contribution in [0.15, 0.2) is 24.3 Å². The normalized spacial score (nSPS) is 10.0. The molecular weight excluding hydrogens is 274 g/mol. The number of anilines is 1. The van der Waals surface area contributed by atoms with Crippen molar-refractivity contribution in [2.75, 3.05) is 26.6 Å². The number of aromatic carboxylic acids is 1. The zero-order valence-corrected chi connectivity index (χ0v) is 11.9. The van der Waals surface area contributed by atoms with E-state index in [1.54, 1.807) is 25.2 Å². The van der Waals surface area contributed by atoms with Crippen LogP contribution in [0, 0.1) is 0 Å². The Morgan fingerprint density at radius 2 is 2.00 bits per heavy atom. The van der Waals surface area contributed by atoms with Crippen molar-refractivity contribution in [2.24, 2.45) is 0 Å². The molecule has 7 nitrogen and oxygen atoms in total. The molecule has 0 aliphatic rings. The molecule has 0 saturated heterocycles. The molecule has 1 aromatic carbocycles. The summed E-state index contributed by atoms with van der Waals surface area (Å²) in [5, 5.41) is 11.9. The molecule has 0 aliphatic heterocycles. The molecule has 1 aromatic heterocycles. The molecule has 0 fully saturated rings. The molecule has 0 spiro atoms. The van der Waals surface area contributed by atoms with E-state index in [0.717, 1.165) is 0 Å². The van der Waals surface area contributed by atoms with Gasteiger partial charge in [-0.25, -0.2) is 14.8 Å². The highest BCUT2D eigenvalue weighted by Gasteiger charge is 2.17. The highest BCUT2D eigenvalue weighted by Crippen LogP contribution is 2.36. The second kappa shape index (κ2) is 6.08. The van der Waals surface area contributed by atoms with Crippen LogP contribution in [0.2, 0.25) is 0 Å². The zero-order valence-electron chi connectivity index (χ0n) is 11.9. The number of nitrogens with zero attached hydrogens (tertiary/aromatic N) is 2. The van der Waals surface area contributed by atoms with E-state index in [2.05, 4.69) is 15.3 Å². The highest BCUT2D eigenvalue weighted by molar-refractivity contribution is 5.87. The number of rotatable bonds is 5. The van der Waals surface area contributed by atoms with Gasteiger partial charge in [0.05, 0.1) is 19.8 Å². The van der Waals surface area contributed by atoms with Gasteiger partial charge in [-0.2, -0.15) is 0 Å². The van der Waals surface area contributed by atoms with Gasteiger partial charge in [0.2, 0.25) is 0 Å². The maximum atomic E-state index is 11.2. The fourth-order valence-corrected chi connectivity index (χ4v) is 1.87. The predicted molar refractivity (Wildman–Crippen MR) is 77.1 cm³/mol. The third kappa shape index (κ3) is 2.86. The largest absolute Gasteiger partial charge is 0.493 e. The number of para-hydroxylation sites is 1. The lowest BCUT2D eigenvalue weighted by Crippen LogP contribution is -2.06. The minimum Gasteiger partial charge on any atom is -0.493 e. The number of carboxylic acids is 1. The summed E-state index contributed by atoms with van der Waals surface area (Å²) in [7, 11) is 4.68. The smallest absolute Gasteiger partial charge is 0.354 e. The van der Waals surface area contributed by atoms with Crippen molar-refractivity contribution < 1.29 is 19.4 Å². The molecule has 0 aliphatic carbocycles. The number of carboxylic acid groups (broad SMARTS) is 1. The Labute approximate surface area is 121 Å². The quantitative estimate of drug-likeness (QED) is 0.868. The fourth-order valence-electron chi connectivity index (χ4n) is 1.87. The van der Waals surface area contributed by atoms with Crippen molar-refractivity contribution in [1.29, 1.82) is 0 Å². The fraction of sp³-hybridized carbons (Fsp3) is 0.214. The molecule has 110 valence electrons. The van der Waals surface area contributed by atoms with Crippen molar-refractivity contribution in [3.8, 4) is 22.9 Å².